The van der Waals surface area contributed by atoms with Crippen molar-refractivity contribution in [2.75, 3.05) is 7.11 Å². The molecule has 0 unspecified atom stereocenters. The van der Waals surface area contributed by atoms with Crippen LogP contribution >= 0.6 is 11.3 Å². The van der Waals surface area contributed by atoms with Crippen molar-refractivity contribution in [2.24, 2.45) is 0 Å². The van der Waals surface area contributed by atoms with Crippen LogP contribution in [0, 0.1) is 13.8 Å². The lowest BCUT2D eigenvalue weighted by Crippen LogP contribution is -2.05. The summed E-state index contributed by atoms with van der Waals surface area (Å²) in [5, 5.41) is 4.53. The first-order valence-corrected chi connectivity index (χ1v) is 10.3. The van der Waals surface area contributed by atoms with Gasteiger partial charge in [0.2, 0.25) is 0 Å². The van der Waals surface area contributed by atoms with Gasteiger partial charge >= 0.3 is 0 Å². The molecule has 3 aromatic rings. The number of thiophene rings is 1. The molecule has 28 heavy (non-hydrogen) atoms. The summed E-state index contributed by atoms with van der Waals surface area (Å²) in [4.78, 5) is 14.5. The van der Waals surface area contributed by atoms with Gasteiger partial charge in [-0.15, -0.1) is 11.3 Å². The Bertz CT molecular complexity index is 998. The summed E-state index contributed by atoms with van der Waals surface area (Å²) in [6.07, 6.45) is 5.63. The van der Waals surface area contributed by atoms with Crippen molar-refractivity contribution in [3.63, 3.8) is 0 Å². The number of aryl methyl sites for hydroxylation is 3. The van der Waals surface area contributed by atoms with Crippen LogP contribution in [0.5, 0.6) is 5.75 Å². The maximum absolute atomic E-state index is 12.5. The second kappa shape index (κ2) is 9.02. The van der Waals surface area contributed by atoms with E-state index in [1.54, 1.807) is 24.5 Å². The van der Waals surface area contributed by atoms with Gasteiger partial charge in [0, 0.05) is 16.1 Å². The van der Waals surface area contributed by atoms with E-state index in [4.69, 9.17) is 4.74 Å². The molecule has 0 spiro atoms. The van der Waals surface area contributed by atoms with E-state index in [1.807, 2.05) is 42.8 Å². The minimum absolute atomic E-state index is 0.0447. The van der Waals surface area contributed by atoms with Gasteiger partial charge in [0.15, 0.2) is 5.78 Å². The maximum atomic E-state index is 12.5. The highest BCUT2D eigenvalue weighted by atomic mass is 32.1. The molecule has 0 amide bonds. The highest BCUT2D eigenvalue weighted by Crippen LogP contribution is 2.23. The summed E-state index contributed by atoms with van der Waals surface area (Å²) in [6.45, 7) is 6.81. The Morgan fingerprint density at radius 1 is 1.21 bits per heavy atom. The molecule has 5 heteroatoms. The van der Waals surface area contributed by atoms with E-state index in [-0.39, 0.29) is 5.78 Å². The first kappa shape index (κ1) is 20.1. The van der Waals surface area contributed by atoms with Crippen molar-refractivity contribution in [2.45, 2.75) is 40.2 Å². The van der Waals surface area contributed by atoms with Gasteiger partial charge in [-0.3, -0.25) is 9.48 Å². The fourth-order valence-electron chi connectivity index (χ4n) is 3.17. The third-order valence-corrected chi connectivity index (χ3v) is 5.72. The van der Waals surface area contributed by atoms with Gasteiger partial charge in [-0.1, -0.05) is 25.5 Å². The van der Waals surface area contributed by atoms with Crippen LogP contribution in [0.2, 0.25) is 0 Å². The van der Waals surface area contributed by atoms with Crippen molar-refractivity contribution in [3.05, 3.63) is 74.7 Å². The third-order valence-electron chi connectivity index (χ3n) is 4.56. The molecule has 1 aromatic carbocycles. The molecular weight excluding hydrogens is 368 g/mol. The van der Waals surface area contributed by atoms with E-state index in [1.165, 1.54) is 4.88 Å². The first-order chi connectivity index (χ1) is 13.5. The topological polar surface area (TPSA) is 44.1 Å². The molecule has 0 saturated heterocycles. The molecule has 0 saturated carbocycles. The van der Waals surface area contributed by atoms with Crippen LogP contribution in [-0.4, -0.2) is 22.7 Å². The molecule has 0 atom stereocenters. The molecule has 0 bridgehead atoms. The zero-order valence-corrected chi connectivity index (χ0v) is 17.7. The van der Waals surface area contributed by atoms with E-state index in [9.17, 15) is 4.79 Å². The molecule has 0 aliphatic carbocycles. The SMILES string of the molecule is CCCc1ccc(C(=O)/C=C/c2ccc(OC)c(Cn3nc(C)cc3C)c2)s1. The Balaban J connectivity index is 1.79. The number of carbonyl (C=O) groups is 1. The molecule has 2 heterocycles. The van der Waals surface area contributed by atoms with E-state index in [0.29, 0.717) is 6.54 Å². The van der Waals surface area contributed by atoms with Crippen molar-refractivity contribution < 1.29 is 9.53 Å². The second-order valence-corrected chi connectivity index (χ2v) is 8.04. The number of benzene rings is 1. The quantitative estimate of drug-likeness (QED) is 0.376. The molecule has 2 aromatic heterocycles. The standard InChI is InChI=1S/C23H26N2O2S/c1-5-6-20-9-12-23(28-20)21(26)10-7-18-8-11-22(27-4)19(14-18)15-25-17(3)13-16(2)24-25/h7-14H,5-6,15H2,1-4H3/b10-7+. The summed E-state index contributed by atoms with van der Waals surface area (Å²) < 4.78 is 7.47. The molecular formula is C23H26N2O2S. The second-order valence-electron chi connectivity index (χ2n) is 6.87. The van der Waals surface area contributed by atoms with Gasteiger partial charge in [0.1, 0.15) is 5.75 Å². The molecule has 0 fully saturated rings. The van der Waals surface area contributed by atoms with Crippen molar-refractivity contribution in [3.8, 4) is 5.75 Å². The molecule has 0 radical (unpaired) electrons. The summed E-state index contributed by atoms with van der Waals surface area (Å²) in [7, 11) is 1.67. The van der Waals surface area contributed by atoms with Gasteiger partial charge in [-0.25, -0.2) is 0 Å². The number of rotatable bonds is 8. The minimum Gasteiger partial charge on any atom is -0.496 e. The lowest BCUT2D eigenvalue weighted by atomic mass is 10.1. The highest BCUT2D eigenvalue weighted by molar-refractivity contribution is 7.14. The predicted octanol–water partition coefficient (Wildman–Crippen LogP) is 5.47. The Morgan fingerprint density at radius 2 is 2.04 bits per heavy atom. The number of methoxy groups -OCH3 is 1. The van der Waals surface area contributed by atoms with E-state index in [0.717, 1.165) is 46.0 Å². The Kier molecular flexibility index (Phi) is 6.47. The molecule has 3 rings (SSSR count). The largest absolute Gasteiger partial charge is 0.496 e. The number of carbonyl (C=O) groups excluding carboxylic acids is 1. The van der Waals surface area contributed by atoms with Crippen LogP contribution in [0.1, 0.15) is 50.4 Å². The van der Waals surface area contributed by atoms with Crippen LogP contribution in [0.3, 0.4) is 0 Å². The average molecular weight is 395 g/mol. The third kappa shape index (κ3) is 4.78. The van der Waals surface area contributed by atoms with E-state index < -0.39 is 0 Å². The van der Waals surface area contributed by atoms with Crippen LogP contribution in [0.25, 0.3) is 6.08 Å². The number of nitrogens with zero attached hydrogens (tertiary/aromatic N) is 2. The van der Waals surface area contributed by atoms with Crippen molar-refractivity contribution in [1.29, 1.82) is 0 Å². The smallest absolute Gasteiger partial charge is 0.195 e. The fourth-order valence-corrected chi connectivity index (χ4v) is 4.20. The van der Waals surface area contributed by atoms with Crippen molar-refractivity contribution >= 4 is 23.2 Å². The molecule has 146 valence electrons. The highest BCUT2D eigenvalue weighted by Gasteiger charge is 2.09. The average Bonchev–Trinajstić information content (AvgIpc) is 3.26. The maximum Gasteiger partial charge on any atom is 0.195 e. The summed E-state index contributed by atoms with van der Waals surface area (Å²) in [5.41, 5.74) is 4.11. The Morgan fingerprint density at radius 3 is 2.71 bits per heavy atom. The van der Waals surface area contributed by atoms with Gasteiger partial charge < -0.3 is 4.74 Å². The molecule has 0 aliphatic heterocycles. The zero-order valence-electron chi connectivity index (χ0n) is 16.9. The van der Waals surface area contributed by atoms with Crippen LogP contribution in [0.4, 0.5) is 0 Å². The molecule has 4 nitrogen and oxygen atoms in total. The zero-order chi connectivity index (χ0) is 20.1. The number of aromatic nitrogens is 2. The Hall–Kier alpha value is -2.66. The van der Waals surface area contributed by atoms with Crippen molar-refractivity contribution in [1.82, 2.24) is 9.78 Å². The summed E-state index contributed by atoms with van der Waals surface area (Å²) in [5.74, 6) is 0.863. The normalized spacial score (nSPS) is 11.3. The van der Waals surface area contributed by atoms with Crippen LogP contribution < -0.4 is 4.74 Å². The lowest BCUT2D eigenvalue weighted by Gasteiger charge is -2.11. The summed E-state index contributed by atoms with van der Waals surface area (Å²) >= 11 is 1.58. The lowest BCUT2D eigenvalue weighted by molar-refractivity contribution is 0.105. The molecule has 0 aliphatic rings. The van der Waals surface area contributed by atoms with E-state index >= 15 is 0 Å². The van der Waals surface area contributed by atoms with Crippen LogP contribution in [-0.2, 0) is 13.0 Å². The number of hydrogen-bond acceptors (Lipinski definition) is 4. The molecule has 0 N–H and O–H groups in total. The number of ketones is 1. The number of ether oxygens (including phenoxy) is 1. The summed E-state index contributed by atoms with van der Waals surface area (Å²) in [6, 6.07) is 12.0. The van der Waals surface area contributed by atoms with Gasteiger partial charge in [0.25, 0.3) is 0 Å². The fraction of sp³-hybridized carbons (Fsp3) is 0.304. The van der Waals surface area contributed by atoms with Crippen LogP contribution in [0.15, 0.2) is 42.5 Å². The Labute approximate surface area is 170 Å². The van der Waals surface area contributed by atoms with Gasteiger partial charge in [0.05, 0.1) is 24.2 Å². The monoisotopic (exact) mass is 394 g/mol. The number of allylic oxidation sites excluding steroid dienone is 1. The van der Waals surface area contributed by atoms with E-state index in [2.05, 4.69) is 30.2 Å². The van der Waals surface area contributed by atoms with Gasteiger partial charge in [-0.2, -0.15) is 5.10 Å². The minimum atomic E-state index is 0.0447. The predicted molar refractivity (Wildman–Crippen MR) is 115 cm³/mol. The first-order valence-electron chi connectivity index (χ1n) is 9.49. The number of hydrogen-bond donors (Lipinski definition) is 0. The van der Waals surface area contributed by atoms with Gasteiger partial charge in [-0.05, 0) is 62.2 Å².